The second-order valence-corrected chi connectivity index (χ2v) is 9.10. The van der Waals surface area contributed by atoms with Crippen LogP contribution in [-0.2, 0) is 0 Å². The van der Waals surface area contributed by atoms with Crippen LogP contribution in [0.15, 0.2) is 48.8 Å². The van der Waals surface area contributed by atoms with Gasteiger partial charge >= 0.3 is 0 Å². The summed E-state index contributed by atoms with van der Waals surface area (Å²) in [5.41, 5.74) is -0.404. The van der Waals surface area contributed by atoms with Crippen LogP contribution in [0.3, 0.4) is 0 Å². The van der Waals surface area contributed by atoms with Crippen LogP contribution in [0.25, 0.3) is 11.3 Å². The summed E-state index contributed by atoms with van der Waals surface area (Å²) in [5.74, 6) is -2.54. The Hall–Kier alpha value is -3.43. The van der Waals surface area contributed by atoms with Crippen molar-refractivity contribution >= 4 is 11.6 Å². The number of hydrogen-bond donors (Lipinski definition) is 3. The molecule has 1 aromatic carbocycles. The number of aliphatic hydroxyl groups is 2. The molecule has 35 heavy (non-hydrogen) atoms. The van der Waals surface area contributed by atoms with Gasteiger partial charge in [0.05, 0.1) is 42.0 Å². The van der Waals surface area contributed by atoms with Gasteiger partial charge in [-0.2, -0.15) is 0 Å². The number of aliphatic hydroxyl groups excluding tert-OH is 1. The SMILES string of the molecule is COc1cc(F)c(-c2cccc(C(=O)Nc3cnccc3[C@H]3C[C@@H](O)[C@](C)(O)[C@@H](C)C3)n2)c(F)c1. The molecule has 2 aromatic heterocycles. The molecular weight excluding hydrogens is 456 g/mol. The van der Waals surface area contributed by atoms with Crippen molar-refractivity contribution in [3.05, 3.63) is 71.7 Å². The monoisotopic (exact) mass is 483 g/mol. The standard InChI is InChI=1S/C26H27F2N3O4/c1-14-9-15(10-23(32)26(14,2)34)17-7-8-29-13-22(17)31-25(33)21-6-4-5-20(30-21)24-18(27)11-16(35-3)12-19(24)28/h4-8,11-15,23,32,34H,9-10H2,1-3H3,(H,31,33)/t14-,15+,23+,26+/m0/s1. The summed E-state index contributed by atoms with van der Waals surface area (Å²) in [6, 6.07) is 8.21. The second kappa shape index (κ2) is 9.67. The molecule has 7 nitrogen and oxygen atoms in total. The van der Waals surface area contributed by atoms with Crippen molar-refractivity contribution in [3.8, 4) is 17.0 Å². The Labute approximate surface area is 201 Å². The van der Waals surface area contributed by atoms with Gasteiger partial charge in [0.15, 0.2) is 0 Å². The average Bonchev–Trinajstić information content (AvgIpc) is 2.82. The van der Waals surface area contributed by atoms with E-state index in [4.69, 9.17) is 4.74 Å². The molecule has 3 aromatic rings. The number of rotatable bonds is 5. The number of amides is 1. The first kappa shape index (κ1) is 24.7. The Morgan fingerprint density at radius 3 is 2.57 bits per heavy atom. The van der Waals surface area contributed by atoms with Gasteiger partial charge < -0.3 is 20.3 Å². The number of halogens is 2. The molecule has 1 aliphatic carbocycles. The second-order valence-electron chi connectivity index (χ2n) is 9.10. The summed E-state index contributed by atoms with van der Waals surface area (Å²) in [7, 11) is 1.31. The maximum Gasteiger partial charge on any atom is 0.274 e. The lowest BCUT2D eigenvalue weighted by Gasteiger charge is -2.43. The zero-order valence-electron chi connectivity index (χ0n) is 19.6. The van der Waals surface area contributed by atoms with Crippen LogP contribution in [0.5, 0.6) is 5.75 Å². The van der Waals surface area contributed by atoms with Gasteiger partial charge in [0.1, 0.15) is 23.1 Å². The Balaban J connectivity index is 1.60. The van der Waals surface area contributed by atoms with E-state index >= 15 is 0 Å². The Kier molecular flexibility index (Phi) is 6.82. The number of nitrogens with one attached hydrogen (secondary N) is 1. The first-order valence-electron chi connectivity index (χ1n) is 11.3. The highest BCUT2D eigenvalue weighted by Crippen LogP contribution is 2.43. The van der Waals surface area contributed by atoms with E-state index in [0.717, 1.165) is 17.7 Å². The van der Waals surface area contributed by atoms with E-state index < -0.39 is 29.2 Å². The van der Waals surface area contributed by atoms with E-state index in [2.05, 4.69) is 15.3 Å². The molecule has 0 saturated heterocycles. The maximum atomic E-state index is 14.5. The van der Waals surface area contributed by atoms with Gasteiger partial charge in [-0.05, 0) is 55.4 Å². The van der Waals surface area contributed by atoms with E-state index in [0.29, 0.717) is 18.5 Å². The van der Waals surface area contributed by atoms with Gasteiger partial charge in [-0.3, -0.25) is 9.78 Å². The molecule has 1 fully saturated rings. The number of benzene rings is 1. The van der Waals surface area contributed by atoms with Crippen LogP contribution < -0.4 is 10.1 Å². The number of carbonyl (C=O) groups excluding carboxylic acids is 1. The molecule has 184 valence electrons. The van der Waals surface area contributed by atoms with E-state index in [1.54, 1.807) is 19.2 Å². The van der Waals surface area contributed by atoms with Gasteiger partial charge in [0.25, 0.3) is 5.91 Å². The molecule has 2 heterocycles. The number of carbonyl (C=O) groups is 1. The van der Waals surface area contributed by atoms with Crippen molar-refractivity contribution in [2.45, 2.75) is 44.3 Å². The third-order valence-electron chi connectivity index (χ3n) is 6.85. The average molecular weight is 484 g/mol. The highest BCUT2D eigenvalue weighted by Gasteiger charge is 2.43. The maximum absolute atomic E-state index is 14.5. The number of hydrogen-bond acceptors (Lipinski definition) is 6. The lowest BCUT2D eigenvalue weighted by Crippen LogP contribution is -2.49. The Morgan fingerprint density at radius 1 is 1.20 bits per heavy atom. The minimum Gasteiger partial charge on any atom is -0.497 e. The molecule has 1 saturated carbocycles. The fraction of sp³-hybridized carbons (Fsp3) is 0.346. The van der Waals surface area contributed by atoms with E-state index in [1.165, 1.54) is 31.5 Å². The molecule has 0 bridgehead atoms. The number of ether oxygens (including phenoxy) is 1. The molecule has 1 aliphatic rings. The predicted octanol–water partition coefficient (Wildman–Crippen LogP) is 4.31. The number of anilines is 1. The molecule has 9 heteroatoms. The van der Waals surface area contributed by atoms with Gasteiger partial charge in [-0.1, -0.05) is 13.0 Å². The molecule has 4 rings (SSSR count). The summed E-state index contributed by atoms with van der Waals surface area (Å²) in [6.45, 7) is 3.50. The van der Waals surface area contributed by atoms with Crippen molar-refractivity contribution in [3.63, 3.8) is 0 Å². The smallest absolute Gasteiger partial charge is 0.274 e. The molecule has 3 N–H and O–H groups in total. The fourth-order valence-electron chi connectivity index (χ4n) is 4.52. The predicted molar refractivity (Wildman–Crippen MR) is 126 cm³/mol. The van der Waals surface area contributed by atoms with Crippen LogP contribution >= 0.6 is 0 Å². The van der Waals surface area contributed by atoms with Crippen LogP contribution in [0, 0.1) is 17.6 Å². The summed E-state index contributed by atoms with van der Waals surface area (Å²) >= 11 is 0. The number of aromatic nitrogens is 2. The van der Waals surface area contributed by atoms with Crippen LogP contribution in [0.4, 0.5) is 14.5 Å². The molecular formula is C26H27F2N3O4. The van der Waals surface area contributed by atoms with Crippen molar-refractivity contribution in [2.75, 3.05) is 12.4 Å². The zero-order chi connectivity index (χ0) is 25.3. The third-order valence-corrected chi connectivity index (χ3v) is 6.85. The normalized spacial score (nSPS) is 24.1. The highest BCUT2D eigenvalue weighted by molar-refractivity contribution is 6.03. The third kappa shape index (κ3) is 4.87. The van der Waals surface area contributed by atoms with Crippen molar-refractivity contribution in [2.24, 2.45) is 5.92 Å². The van der Waals surface area contributed by atoms with E-state index in [1.807, 2.05) is 6.92 Å². The van der Waals surface area contributed by atoms with Crippen molar-refractivity contribution in [1.29, 1.82) is 0 Å². The minimum absolute atomic E-state index is 0.0328. The highest BCUT2D eigenvalue weighted by atomic mass is 19.1. The molecule has 1 amide bonds. The molecule has 0 unspecified atom stereocenters. The first-order chi connectivity index (χ1) is 16.6. The van der Waals surface area contributed by atoms with Crippen molar-refractivity contribution < 1.29 is 28.5 Å². The number of nitrogens with zero attached hydrogens (tertiary/aromatic N) is 2. The quantitative estimate of drug-likeness (QED) is 0.500. The lowest BCUT2D eigenvalue weighted by molar-refractivity contribution is -0.123. The lowest BCUT2D eigenvalue weighted by atomic mass is 9.69. The molecule has 0 spiro atoms. The summed E-state index contributed by atoms with van der Waals surface area (Å²) < 4.78 is 33.9. The fourth-order valence-corrected chi connectivity index (χ4v) is 4.52. The number of pyridine rings is 2. The summed E-state index contributed by atoms with van der Waals surface area (Å²) in [5, 5.41) is 23.8. The Bertz CT molecular complexity index is 1210. The Morgan fingerprint density at radius 2 is 1.91 bits per heavy atom. The van der Waals surface area contributed by atoms with Gasteiger partial charge in [-0.15, -0.1) is 0 Å². The molecule has 4 atom stereocenters. The minimum atomic E-state index is -1.19. The van der Waals surface area contributed by atoms with Crippen LogP contribution in [-0.4, -0.2) is 44.9 Å². The molecule has 0 radical (unpaired) electrons. The van der Waals surface area contributed by atoms with E-state index in [-0.39, 0.29) is 34.5 Å². The van der Waals surface area contributed by atoms with Gasteiger partial charge in [-0.25, -0.2) is 13.8 Å². The summed E-state index contributed by atoms with van der Waals surface area (Å²) in [6.07, 6.45) is 3.13. The van der Waals surface area contributed by atoms with Crippen LogP contribution in [0.1, 0.15) is 48.7 Å². The zero-order valence-corrected chi connectivity index (χ0v) is 19.6. The van der Waals surface area contributed by atoms with Crippen LogP contribution in [0.2, 0.25) is 0 Å². The van der Waals surface area contributed by atoms with Gasteiger partial charge in [0.2, 0.25) is 0 Å². The first-order valence-corrected chi connectivity index (χ1v) is 11.3. The largest absolute Gasteiger partial charge is 0.497 e. The van der Waals surface area contributed by atoms with Crippen molar-refractivity contribution in [1.82, 2.24) is 9.97 Å². The summed E-state index contributed by atoms with van der Waals surface area (Å²) in [4.78, 5) is 21.3. The van der Waals surface area contributed by atoms with E-state index in [9.17, 15) is 23.8 Å². The number of methoxy groups -OCH3 is 1. The molecule has 0 aliphatic heterocycles. The van der Waals surface area contributed by atoms with Gasteiger partial charge in [0, 0.05) is 18.3 Å². The topological polar surface area (TPSA) is 105 Å².